The second kappa shape index (κ2) is 7.84. The van der Waals surface area contributed by atoms with Gasteiger partial charge in [0, 0.05) is 29.5 Å². The van der Waals surface area contributed by atoms with Crippen molar-refractivity contribution < 1.29 is 9.59 Å². The Labute approximate surface area is 118 Å². The highest BCUT2D eigenvalue weighted by Gasteiger charge is 2.07. The first kappa shape index (κ1) is 15.6. The summed E-state index contributed by atoms with van der Waals surface area (Å²) in [4.78, 5) is 23.0. The van der Waals surface area contributed by atoms with Gasteiger partial charge >= 0.3 is 0 Å². The third kappa shape index (κ3) is 5.79. The van der Waals surface area contributed by atoms with Crippen molar-refractivity contribution in [2.75, 3.05) is 22.6 Å². The molecular weight excluding hydrogens is 260 g/mol. The summed E-state index contributed by atoms with van der Waals surface area (Å²) in [7, 11) is 0. The summed E-state index contributed by atoms with van der Waals surface area (Å²) in [5.74, 6) is 0.755. The van der Waals surface area contributed by atoms with Crippen LogP contribution in [0.1, 0.15) is 20.3 Å². The Bertz CT molecular complexity index is 430. The lowest BCUT2D eigenvalue weighted by Gasteiger charge is -2.09. The predicted molar refractivity (Wildman–Crippen MR) is 81.5 cm³/mol. The first-order valence-electron chi connectivity index (χ1n) is 6.22. The number of carbonyl (C=O) groups is 2. The fourth-order valence-electron chi connectivity index (χ4n) is 1.34. The van der Waals surface area contributed by atoms with Gasteiger partial charge < -0.3 is 10.6 Å². The molecule has 0 heterocycles. The monoisotopic (exact) mass is 280 g/mol. The molecule has 2 amide bonds. The van der Waals surface area contributed by atoms with Gasteiger partial charge in [-0.05, 0) is 30.5 Å². The number of anilines is 2. The summed E-state index contributed by atoms with van der Waals surface area (Å²) in [6.07, 6.45) is 2.48. The molecule has 4 nitrogen and oxygen atoms in total. The van der Waals surface area contributed by atoms with Crippen LogP contribution in [0.3, 0.4) is 0 Å². The third-order valence-corrected chi connectivity index (χ3v) is 3.11. The second-order valence-corrected chi connectivity index (χ2v) is 5.50. The Morgan fingerprint density at radius 1 is 1.11 bits per heavy atom. The van der Waals surface area contributed by atoms with Crippen LogP contribution < -0.4 is 10.6 Å². The molecule has 5 heteroatoms. The fraction of sp³-hybridized carbons (Fsp3) is 0.429. The zero-order valence-electron chi connectivity index (χ0n) is 11.5. The van der Waals surface area contributed by atoms with Gasteiger partial charge in [-0.3, -0.25) is 9.59 Å². The number of rotatable bonds is 6. The zero-order chi connectivity index (χ0) is 14.3. The van der Waals surface area contributed by atoms with Crippen LogP contribution in [0.2, 0.25) is 0 Å². The van der Waals surface area contributed by atoms with Crippen molar-refractivity contribution in [3.63, 3.8) is 0 Å². The van der Waals surface area contributed by atoms with E-state index in [1.807, 2.05) is 20.1 Å². The molecule has 0 atom stereocenters. The van der Waals surface area contributed by atoms with E-state index < -0.39 is 0 Å². The maximum atomic E-state index is 11.5. The minimum absolute atomic E-state index is 0.00770. The van der Waals surface area contributed by atoms with Crippen molar-refractivity contribution >= 4 is 35.0 Å². The van der Waals surface area contributed by atoms with Crippen LogP contribution in [-0.4, -0.2) is 23.8 Å². The fourth-order valence-corrected chi connectivity index (χ4v) is 1.73. The number of hydrogen-bond acceptors (Lipinski definition) is 3. The number of amides is 2. The van der Waals surface area contributed by atoms with Gasteiger partial charge in [-0.25, -0.2) is 0 Å². The number of thioether (sulfide) groups is 1. The zero-order valence-corrected chi connectivity index (χ0v) is 12.3. The molecule has 0 aromatic heterocycles. The van der Waals surface area contributed by atoms with E-state index in [1.165, 1.54) is 0 Å². The summed E-state index contributed by atoms with van der Waals surface area (Å²) in [5.41, 5.74) is 1.48. The first-order valence-corrected chi connectivity index (χ1v) is 7.62. The minimum atomic E-state index is -0.0501. The average molecular weight is 280 g/mol. The van der Waals surface area contributed by atoms with E-state index in [1.54, 1.807) is 36.0 Å². The largest absolute Gasteiger partial charge is 0.326 e. The molecule has 0 aliphatic carbocycles. The molecule has 19 heavy (non-hydrogen) atoms. The molecule has 0 fully saturated rings. The molecule has 0 unspecified atom stereocenters. The summed E-state index contributed by atoms with van der Waals surface area (Å²) >= 11 is 1.64. The standard InChI is InChI=1S/C14H20N2O2S/c1-10(2)14(18)16-12-6-4-11(5-7-12)15-13(17)8-9-19-3/h4-7,10H,8-9H2,1-3H3,(H,15,17)(H,16,18). The van der Waals surface area contributed by atoms with Crippen LogP contribution in [0.25, 0.3) is 0 Å². The van der Waals surface area contributed by atoms with Gasteiger partial charge in [0.15, 0.2) is 0 Å². The smallest absolute Gasteiger partial charge is 0.226 e. The topological polar surface area (TPSA) is 58.2 Å². The highest BCUT2D eigenvalue weighted by molar-refractivity contribution is 7.98. The molecule has 104 valence electrons. The summed E-state index contributed by atoms with van der Waals surface area (Å²) in [6.45, 7) is 3.69. The van der Waals surface area contributed by atoms with Gasteiger partial charge in [0.1, 0.15) is 0 Å². The van der Waals surface area contributed by atoms with Crippen molar-refractivity contribution in [2.24, 2.45) is 5.92 Å². The highest BCUT2D eigenvalue weighted by Crippen LogP contribution is 2.14. The second-order valence-electron chi connectivity index (χ2n) is 4.51. The molecule has 0 aliphatic rings. The first-order chi connectivity index (χ1) is 9.02. The van der Waals surface area contributed by atoms with Gasteiger partial charge in [0.2, 0.25) is 11.8 Å². The van der Waals surface area contributed by atoms with E-state index in [2.05, 4.69) is 10.6 Å². The molecule has 0 aliphatic heterocycles. The number of hydrogen-bond donors (Lipinski definition) is 2. The SMILES string of the molecule is CSCCC(=O)Nc1ccc(NC(=O)C(C)C)cc1. The number of carbonyl (C=O) groups excluding carboxylic acids is 2. The lowest BCUT2D eigenvalue weighted by Crippen LogP contribution is -2.17. The van der Waals surface area contributed by atoms with Gasteiger partial charge in [0.25, 0.3) is 0 Å². The molecule has 0 spiro atoms. The van der Waals surface area contributed by atoms with Crippen molar-refractivity contribution in [3.05, 3.63) is 24.3 Å². The van der Waals surface area contributed by atoms with Crippen LogP contribution in [0.15, 0.2) is 24.3 Å². The number of benzene rings is 1. The summed E-state index contributed by atoms with van der Waals surface area (Å²) in [6, 6.07) is 7.13. The molecule has 1 aromatic rings. The molecule has 1 aromatic carbocycles. The Hall–Kier alpha value is -1.49. The quantitative estimate of drug-likeness (QED) is 0.842. The average Bonchev–Trinajstić information content (AvgIpc) is 2.38. The summed E-state index contributed by atoms with van der Waals surface area (Å²) < 4.78 is 0. The van der Waals surface area contributed by atoms with Crippen molar-refractivity contribution in [1.29, 1.82) is 0 Å². The van der Waals surface area contributed by atoms with Crippen LogP contribution in [0.4, 0.5) is 11.4 Å². The van der Waals surface area contributed by atoms with E-state index in [9.17, 15) is 9.59 Å². The Morgan fingerprint density at radius 3 is 2.11 bits per heavy atom. The van der Waals surface area contributed by atoms with Gasteiger partial charge in [-0.1, -0.05) is 13.8 Å². The normalized spacial score (nSPS) is 10.3. The lowest BCUT2D eigenvalue weighted by atomic mass is 10.2. The minimum Gasteiger partial charge on any atom is -0.326 e. The van der Waals surface area contributed by atoms with Crippen LogP contribution in [0, 0.1) is 5.92 Å². The van der Waals surface area contributed by atoms with Crippen molar-refractivity contribution in [1.82, 2.24) is 0 Å². The predicted octanol–water partition coefficient (Wildman–Crippen LogP) is 2.97. The molecule has 0 saturated heterocycles. The van der Waals surface area contributed by atoms with Gasteiger partial charge in [-0.2, -0.15) is 11.8 Å². The molecule has 0 saturated carbocycles. The van der Waals surface area contributed by atoms with E-state index in [4.69, 9.17) is 0 Å². The van der Waals surface area contributed by atoms with Crippen molar-refractivity contribution in [2.45, 2.75) is 20.3 Å². The van der Waals surface area contributed by atoms with Crippen LogP contribution >= 0.6 is 11.8 Å². The van der Waals surface area contributed by atoms with E-state index >= 15 is 0 Å². The highest BCUT2D eigenvalue weighted by atomic mass is 32.2. The molecule has 0 radical (unpaired) electrons. The molecule has 1 rings (SSSR count). The maximum Gasteiger partial charge on any atom is 0.226 e. The Balaban J connectivity index is 2.52. The lowest BCUT2D eigenvalue weighted by molar-refractivity contribution is -0.119. The van der Waals surface area contributed by atoms with Crippen LogP contribution in [0.5, 0.6) is 0 Å². The van der Waals surface area contributed by atoms with Gasteiger partial charge in [-0.15, -0.1) is 0 Å². The Kier molecular flexibility index (Phi) is 6.42. The van der Waals surface area contributed by atoms with E-state index in [-0.39, 0.29) is 17.7 Å². The molecule has 0 bridgehead atoms. The number of nitrogens with one attached hydrogen (secondary N) is 2. The Morgan fingerprint density at radius 2 is 1.63 bits per heavy atom. The maximum absolute atomic E-state index is 11.5. The van der Waals surface area contributed by atoms with E-state index in [0.29, 0.717) is 6.42 Å². The van der Waals surface area contributed by atoms with E-state index in [0.717, 1.165) is 17.1 Å². The van der Waals surface area contributed by atoms with Crippen molar-refractivity contribution in [3.8, 4) is 0 Å². The van der Waals surface area contributed by atoms with Gasteiger partial charge in [0.05, 0.1) is 0 Å². The van der Waals surface area contributed by atoms with Crippen LogP contribution in [-0.2, 0) is 9.59 Å². The summed E-state index contributed by atoms with van der Waals surface area (Å²) in [5, 5.41) is 5.62. The molecular formula is C14H20N2O2S. The third-order valence-electron chi connectivity index (χ3n) is 2.49. The molecule has 2 N–H and O–H groups in total.